The molecule has 1 heterocycles. The number of nitrogens with one attached hydrogen (secondary N) is 1. The van der Waals surface area contributed by atoms with Crippen LogP contribution in [0.25, 0.3) is 0 Å². The molecule has 1 aliphatic heterocycles. The van der Waals surface area contributed by atoms with Gasteiger partial charge in [-0.25, -0.2) is 0 Å². The van der Waals surface area contributed by atoms with Gasteiger partial charge in [0.25, 0.3) is 0 Å². The van der Waals surface area contributed by atoms with Gasteiger partial charge in [0.15, 0.2) is 0 Å². The van der Waals surface area contributed by atoms with E-state index in [1.165, 1.54) is 19.3 Å². The summed E-state index contributed by atoms with van der Waals surface area (Å²) in [5.41, 5.74) is 0. The zero-order valence-corrected chi connectivity index (χ0v) is 9.25. The van der Waals surface area contributed by atoms with E-state index in [-0.39, 0.29) is 6.04 Å². The fourth-order valence-corrected chi connectivity index (χ4v) is 3.23. The first-order valence-corrected chi connectivity index (χ1v) is 5.92. The Labute approximate surface area is 86.5 Å². The van der Waals surface area contributed by atoms with Gasteiger partial charge in [-0.2, -0.15) is 0 Å². The van der Waals surface area contributed by atoms with Gasteiger partial charge in [0.1, 0.15) is 5.78 Å². The summed E-state index contributed by atoms with van der Waals surface area (Å²) < 4.78 is 0. The van der Waals surface area contributed by atoms with Gasteiger partial charge in [0.05, 0.1) is 6.04 Å². The second-order valence-electron chi connectivity index (χ2n) is 5.14. The molecule has 2 nitrogen and oxygen atoms in total. The van der Waals surface area contributed by atoms with Crippen LogP contribution in [0.4, 0.5) is 0 Å². The predicted molar refractivity (Wildman–Crippen MR) is 57.1 cm³/mol. The fourth-order valence-electron chi connectivity index (χ4n) is 3.23. The van der Waals surface area contributed by atoms with Crippen LogP contribution in [0.3, 0.4) is 0 Å². The fraction of sp³-hybridized carbons (Fsp3) is 0.917. The molecule has 1 N–H and O–H groups in total. The molecule has 0 spiro atoms. The highest BCUT2D eigenvalue weighted by Gasteiger charge is 2.36. The van der Waals surface area contributed by atoms with Gasteiger partial charge in [-0.05, 0) is 44.1 Å². The Morgan fingerprint density at radius 2 is 2.14 bits per heavy atom. The molecule has 2 rings (SSSR count). The minimum absolute atomic E-state index is 0.150. The SMILES string of the molecule is CC(=O)[C@@H]1C[C@@H]2C(C)CCC[C@@H]2CN1. The lowest BCUT2D eigenvalue weighted by Gasteiger charge is -2.42. The molecule has 2 aliphatic rings. The lowest BCUT2D eigenvalue weighted by Crippen LogP contribution is -2.49. The molecule has 14 heavy (non-hydrogen) atoms. The number of carbonyl (C=O) groups is 1. The largest absolute Gasteiger partial charge is 0.307 e. The van der Waals surface area contributed by atoms with E-state index < -0.39 is 0 Å². The molecule has 1 unspecified atom stereocenters. The number of rotatable bonds is 1. The minimum atomic E-state index is 0.150. The summed E-state index contributed by atoms with van der Waals surface area (Å²) in [6.45, 7) is 5.14. The van der Waals surface area contributed by atoms with E-state index >= 15 is 0 Å². The van der Waals surface area contributed by atoms with E-state index in [1.807, 2.05) is 0 Å². The first-order chi connectivity index (χ1) is 6.68. The Hall–Kier alpha value is -0.370. The van der Waals surface area contributed by atoms with Gasteiger partial charge >= 0.3 is 0 Å². The Morgan fingerprint density at radius 3 is 2.86 bits per heavy atom. The molecule has 0 aromatic carbocycles. The maximum atomic E-state index is 11.3. The van der Waals surface area contributed by atoms with Crippen molar-refractivity contribution in [1.82, 2.24) is 5.32 Å². The van der Waals surface area contributed by atoms with Crippen molar-refractivity contribution >= 4 is 5.78 Å². The standard InChI is InChI=1S/C12H21NO/c1-8-4-3-5-10-7-13-12(9(2)14)6-11(8)10/h8,10-13H,3-7H2,1-2H3/t8?,10-,11-,12+/m1/s1. The van der Waals surface area contributed by atoms with E-state index in [1.54, 1.807) is 6.92 Å². The molecule has 0 bridgehead atoms. The van der Waals surface area contributed by atoms with Crippen molar-refractivity contribution in [3.05, 3.63) is 0 Å². The number of carbonyl (C=O) groups excluding carboxylic acids is 1. The van der Waals surface area contributed by atoms with Crippen LogP contribution in [-0.2, 0) is 4.79 Å². The Bertz CT molecular complexity index is 226. The second-order valence-corrected chi connectivity index (χ2v) is 5.14. The summed E-state index contributed by atoms with van der Waals surface area (Å²) in [5, 5.41) is 3.39. The normalized spacial score (nSPS) is 43.0. The third-order valence-electron chi connectivity index (χ3n) is 4.20. The number of hydrogen-bond donors (Lipinski definition) is 1. The smallest absolute Gasteiger partial charge is 0.146 e. The molecule has 2 heteroatoms. The first kappa shape index (κ1) is 10.2. The highest BCUT2D eigenvalue weighted by atomic mass is 16.1. The van der Waals surface area contributed by atoms with Crippen molar-refractivity contribution in [3.63, 3.8) is 0 Å². The van der Waals surface area contributed by atoms with Gasteiger partial charge in [0, 0.05) is 0 Å². The maximum absolute atomic E-state index is 11.3. The lowest BCUT2D eigenvalue weighted by molar-refractivity contribution is -0.120. The van der Waals surface area contributed by atoms with Gasteiger partial charge in [-0.15, -0.1) is 0 Å². The molecule has 0 aromatic heterocycles. The summed E-state index contributed by atoms with van der Waals surface area (Å²) in [4.78, 5) is 11.3. The van der Waals surface area contributed by atoms with E-state index in [4.69, 9.17) is 0 Å². The molecular weight excluding hydrogens is 174 g/mol. The number of hydrogen-bond acceptors (Lipinski definition) is 2. The van der Waals surface area contributed by atoms with Crippen LogP contribution in [0.2, 0.25) is 0 Å². The van der Waals surface area contributed by atoms with Crippen LogP contribution >= 0.6 is 0 Å². The number of piperidine rings is 1. The molecule has 1 saturated carbocycles. The number of ketones is 1. The van der Waals surface area contributed by atoms with Crippen LogP contribution in [0.15, 0.2) is 0 Å². The van der Waals surface area contributed by atoms with Crippen LogP contribution < -0.4 is 5.32 Å². The monoisotopic (exact) mass is 195 g/mol. The maximum Gasteiger partial charge on any atom is 0.146 e. The van der Waals surface area contributed by atoms with Crippen molar-refractivity contribution in [1.29, 1.82) is 0 Å². The van der Waals surface area contributed by atoms with E-state index in [0.717, 1.165) is 30.7 Å². The van der Waals surface area contributed by atoms with Crippen LogP contribution in [0.1, 0.15) is 39.5 Å². The predicted octanol–water partition coefficient (Wildman–Crippen LogP) is 1.99. The topological polar surface area (TPSA) is 29.1 Å². The molecule has 0 amide bonds. The number of Topliss-reactive ketones (excluding diaryl/α,β-unsaturated/α-hetero) is 1. The summed E-state index contributed by atoms with van der Waals surface area (Å²) in [6, 6.07) is 0.150. The van der Waals surface area contributed by atoms with Gasteiger partial charge in [-0.1, -0.05) is 19.8 Å². The Balaban J connectivity index is 2.01. The van der Waals surface area contributed by atoms with Gasteiger partial charge < -0.3 is 5.32 Å². The highest BCUT2D eigenvalue weighted by Crippen LogP contribution is 2.39. The van der Waals surface area contributed by atoms with E-state index in [9.17, 15) is 4.79 Å². The average molecular weight is 195 g/mol. The molecule has 80 valence electrons. The summed E-state index contributed by atoms with van der Waals surface area (Å²) in [5.74, 6) is 2.80. The molecule has 4 atom stereocenters. The van der Waals surface area contributed by atoms with Crippen molar-refractivity contribution in [2.24, 2.45) is 17.8 Å². The third kappa shape index (κ3) is 1.85. The minimum Gasteiger partial charge on any atom is -0.307 e. The third-order valence-corrected chi connectivity index (χ3v) is 4.20. The Morgan fingerprint density at radius 1 is 1.36 bits per heavy atom. The Kier molecular flexibility index (Phi) is 2.91. The van der Waals surface area contributed by atoms with Crippen molar-refractivity contribution in [2.75, 3.05) is 6.54 Å². The molecule has 2 fully saturated rings. The van der Waals surface area contributed by atoms with Crippen LogP contribution in [0.5, 0.6) is 0 Å². The summed E-state index contributed by atoms with van der Waals surface area (Å²) in [7, 11) is 0. The van der Waals surface area contributed by atoms with Gasteiger partial charge in [-0.3, -0.25) is 4.79 Å². The van der Waals surface area contributed by atoms with Crippen LogP contribution in [0, 0.1) is 17.8 Å². The molecule has 0 aromatic rings. The summed E-state index contributed by atoms with van der Waals surface area (Å²) in [6.07, 6.45) is 5.20. The zero-order valence-electron chi connectivity index (χ0n) is 9.25. The van der Waals surface area contributed by atoms with E-state index in [2.05, 4.69) is 12.2 Å². The molecule has 0 radical (unpaired) electrons. The lowest BCUT2D eigenvalue weighted by atomic mass is 9.68. The molecular formula is C12H21NO. The van der Waals surface area contributed by atoms with E-state index in [0.29, 0.717) is 5.78 Å². The van der Waals surface area contributed by atoms with Crippen molar-refractivity contribution in [3.8, 4) is 0 Å². The average Bonchev–Trinajstić information content (AvgIpc) is 2.18. The zero-order chi connectivity index (χ0) is 10.1. The summed E-state index contributed by atoms with van der Waals surface area (Å²) >= 11 is 0. The number of fused-ring (bicyclic) bond motifs is 1. The van der Waals surface area contributed by atoms with Crippen molar-refractivity contribution < 1.29 is 4.79 Å². The van der Waals surface area contributed by atoms with Crippen molar-refractivity contribution in [2.45, 2.75) is 45.6 Å². The van der Waals surface area contributed by atoms with Gasteiger partial charge in [0.2, 0.25) is 0 Å². The second kappa shape index (κ2) is 4.01. The molecule has 1 saturated heterocycles. The highest BCUT2D eigenvalue weighted by molar-refractivity contribution is 5.81. The molecule has 1 aliphatic carbocycles. The quantitative estimate of drug-likeness (QED) is 0.693. The van der Waals surface area contributed by atoms with Crippen LogP contribution in [-0.4, -0.2) is 18.4 Å². The first-order valence-electron chi connectivity index (χ1n) is 5.92.